The number of carbonyl (C=O) groups excluding carboxylic acids is 1. The van der Waals surface area contributed by atoms with E-state index in [1.807, 2.05) is 30.3 Å². The second-order valence-corrected chi connectivity index (χ2v) is 7.91. The van der Waals surface area contributed by atoms with E-state index in [0.717, 1.165) is 6.26 Å². The molecule has 0 fully saturated rings. The van der Waals surface area contributed by atoms with Gasteiger partial charge in [-0.2, -0.15) is 0 Å². The van der Waals surface area contributed by atoms with Crippen LogP contribution in [-0.2, 0) is 9.84 Å². The molecule has 138 valence electrons. The highest BCUT2D eigenvalue weighted by Gasteiger charge is 2.10. The van der Waals surface area contributed by atoms with E-state index in [1.54, 1.807) is 36.4 Å². The highest BCUT2D eigenvalue weighted by Crippen LogP contribution is 2.22. The molecular weight excluding hydrogens is 364 g/mol. The number of ether oxygens (including phenoxy) is 2. The van der Waals surface area contributed by atoms with Crippen LogP contribution in [0.1, 0.15) is 10.4 Å². The molecule has 0 bridgehead atoms. The first-order valence-electron chi connectivity index (χ1n) is 8.21. The minimum atomic E-state index is -3.33. The highest BCUT2D eigenvalue weighted by molar-refractivity contribution is 7.90. The lowest BCUT2D eigenvalue weighted by Gasteiger charge is -2.08. The average molecular weight is 382 g/mol. The molecule has 5 nitrogen and oxygen atoms in total. The molecule has 0 heterocycles. The Balaban J connectivity index is 1.61. The van der Waals surface area contributed by atoms with Crippen LogP contribution >= 0.6 is 0 Å². The lowest BCUT2D eigenvalue weighted by atomic mass is 10.1. The molecular formula is C21H18O5S. The van der Waals surface area contributed by atoms with Crippen molar-refractivity contribution in [3.63, 3.8) is 0 Å². The van der Waals surface area contributed by atoms with Crippen molar-refractivity contribution in [2.75, 3.05) is 12.9 Å². The molecule has 0 aliphatic rings. The van der Waals surface area contributed by atoms with Crippen LogP contribution in [-0.4, -0.2) is 27.1 Å². The Morgan fingerprint density at radius 2 is 1.44 bits per heavy atom. The number of hydrogen-bond acceptors (Lipinski definition) is 5. The fourth-order valence-electron chi connectivity index (χ4n) is 2.36. The average Bonchev–Trinajstić information content (AvgIpc) is 2.67. The second kappa shape index (κ2) is 8.05. The van der Waals surface area contributed by atoms with Crippen LogP contribution in [0.25, 0.3) is 0 Å². The van der Waals surface area contributed by atoms with Gasteiger partial charge in [-0.25, -0.2) is 8.42 Å². The molecule has 6 heteroatoms. The molecule has 0 unspecified atom stereocenters. The molecule has 3 aromatic rings. The summed E-state index contributed by atoms with van der Waals surface area (Å²) in [7, 11) is -3.33. The Morgan fingerprint density at radius 3 is 2.11 bits per heavy atom. The van der Waals surface area contributed by atoms with Crippen molar-refractivity contribution in [2.24, 2.45) is 0 Å². The summed E-state index contributed by atoms with van der Waals surface area (Å²) in [6, 6.07) is 22.2. The zero-order chi connectivity index (χ0) is 19.3. The van der Waals surface area contributed by atoms with Gasteiger partial charge >= 0.3 is 0 Å². The minimum absolute atomic E-state index is 0.148. The summed E-state index contributed by atoms with van der Waals surface area (Å²) < 4.78 is 34.3. The van der Waals surface area contributed by atoms with Gasteiger partial charge in [0, 0.05) is 11.8 Å². The van der Waals surface area contributed by atoms with Crippen LogP contribution in [0.4, 0.5) is 0 Å². The Morgan fingerprint density at radius 1 is 0.815 bits per heavy atom. The number of Topliss-reactive ketones (excluding diaryl/α,β-unsaturated/α-hetero) is 1. The Hall–Kier alpha value is -3.12. The number of para-hydroxylation sites is 1. The summed E-state index contributed by atoms with van der Waals surface area (Å²) in [5, 5.41) is 0. The first-order valence-corrected chi connectivity index (χ1v) is 10.1. The van der Waals surface area contributed by atoms with E-state index in [2.05, 4.69) is 0 Å². The molecule has 0 aromatic heterocycles. The van der Waals surface area contributed by atoms with Crippen LogP contribution in [0.5, 0.6) is 17.2 Å². The predicted molar refractivity (Wildman–Crippen MR) is 102 cm³/mol. The standard InChI is InChI=1S/C21H18O5S/c1-27(23,24)20-9-5-8-19(14-20)25-15-21(22)16-10-12-18(13-11-16)26-17-6-3-2-4-7-17/h2-14H,15H2,1H3. The lowest BCUT2D eigenvalue weighted by Crippen LogP contribution is -2.11. The van der Waals surface area contributed by atoms with Gasteiger partial charge in [0.05, 0.1) is 4.90 Å². The molecule has 0 saturated heterocycles. The van der Waals surface area contributed by atoms with Gasteiger partial charge in [-0.05, 0) is 54.6 Å². The van der Waals surface area contributed by atoms with E-state index < -0.39 is 9.84 Å². The van der Waals surface area contributed by atoms with Crippen molar-refractivity contribution in [3.8, 4) is 17.2 Å². The van der Waals surface area contributed by atoms with Crippen LogP contribution in [0, 0.1) is 0 Å². The summed E-state index contributed by atoms with van der Waals surface area (Å²) in [4.78, 5) is 12.4. The minimum Gasteiger partial charge on any atom is -0.485 e. The summed E-state index contributed by atoms with van der Waals surface area (Å²) in [5.41, 5.74) is 0.481. The monoisotopic (exact) mass is 382 g/mol. The number of hydrogen-bond donors (Lipinski definition) is 0. The Labute approximate surface area is 158 Å². The number of sulfone groups is 1. The maximum Gasteiger partial charge on any atom is 0.200 e. The SMILES string of the molecule is CS(=O)(=O)c1cccc(OCC(=O)c2ccc(Oc3ccccc3)cc2)c1. The molecule has 0 saturated carbocycles. The normalized spacial score (nSPS) is 11.0. The first-order chi connectivity index (χ1) is 12.9. The predicted octanol–water partition coefficient (Wildman–Crippen LogP) is 4.14. The zero-order valence-electron chi connectivity index (χ0n) is 14.7. The topological polar surface area (TPSA) is 69.7 Å². The maximum atomic E-state index is 12.3. The van der Waals surface area contributed by atoms with Crippen molar-refractivity contribution < 1.29 is 22.7 Å². The molecule has 3 rings (SSSR count). The van der Waals surface area contributed by atoms with Crippen molar-refractivity contribution in [2.45, 2.75) is 4.90 Å². The van der Waals surface area contributed by atoms with Crippen LogP contribution in [0.15, 0.2) is 83.8 Å². The summed E-state index contributed by atoms with van der Waals surface area (Å²) in [5.74, 6) is 1.45. The molecule has 27 heavy (non-hydrogen) atoms. The fraction of sp³-hybridized carbons (Fsp3) is 0.0952. The van der Waals surface area contributed by atoms with Gasteiger partial charge in [0.25, 0.3) is 0 Å². The molecule has 0 atom stereocenters. The van der Waals surface area contributed by atoms with E-state index in [1.165, 1.54) is 12.1 Å². The van der Waals surface area contributed by atoms with Gasteiger partial charge in [0.15, 0.2) is 22.2 Å². The lowest BCUT2D eigenvalue weighted by molar-refractivity contribution is 0.0921. The third-order valence-corrected chi connectivity index (χ3v) is 4.87. The summed E-state index contributed by atoms with van der Waals surface area (Å²) in [6.07, 6.45) is 1.12. The van der Waals surface area contributed by atoms with Gasteiger partial charge < -0.3 is 9.47 Å². The van der Waals surface area contributed by atoms with Crippen LogP contribution in [0.3, 0.4) is 0 Å². The smallest absolute Gasteiger partial charge is 0.200 e. The number of carbonyl (C=O) groups is 1. The van der Waals surface area contributed by atoms with Gasteiger partial charge in [-0.1, -0.05) is 24.3 Å². The van der Waals surface area contributed by atoms with Crippen molar-refractivity contribution in [3.05, 3.63) is 84.4 Å². The van der Waals surface area contributed by atoms with Crippen molar-refractivity contribution in [1.29, 1.82) is 0 Å². The largest absolute Gasteiger partial charge is 0.485 e. The van der Waals surface area contributed by atoms with Crippen LogP contribution < -0.4 is 9.47 Å². The van der Waals surface area contributed by atoms with Gasteiger partial charge in [-0.15, -0.1) is 0 Å². The van der Waals surface area contributed by atoms with Crippen LogP contribution in [0.2, 0.25) is 0 Å². The van der Waals surface area contributed by atoms with Gasteiger partial charge in [-0.3, -0.25) is 4.79 Å². The fourth-order valence-corrected chi connectivity index (χ4v) is 3.02. The van der Waals surface area contributed by atoms with Crippen molar-refractivity contribution in [1.82, 2.24) is 0 Å². The molecule has 0 aliphatic heterocycles. The van der Waals surface area contributed by atoms with Gasteiger partial charge in [0.2, 0.25) is 0 Å². The molecule has 0 aliphatic carbocycles. The molecule has 0 spiro atoms. The van der Waals surface area contributed by atoms with E-state index in [9.17, 15) is 13.2 Å². The molecule has 0 amide bonds. The number of ketones is 1. The molecule has 0 radical (unpaired) electrons. The molecule has 3 aromatic carbocycles. The van der Waals surface area contributed by atoms with E-state index in [-0.39, 0.29) is 17.3 Å². The maximum absolute atomic E-state index is 12.3. The van der Waals surface area contributed by atoms with E-state index in [4.69, 9.17) is 9.47 Å². The zero-order valence-corrected chi connectivity index (χ0v) is 15.5. The van der Waals surface area contributed by atoms with E-state index >= 15 is 0 Å². The molecule has 0 N–H and O–H groups in total. The number of rotatable bonds is 7. The summed E-state index contributed by atoms with van der Waals surface area (Å²) in [6.45, 7) is -0.188. The highest BCUT2D eigenvalue weighted by atomic mass is 32.2. The Bertz CT molecular complexity index is 1030. The first kappa shape index (κ1) is 18.7. The third-order valence-electron chi connectivity index (χ3n) is 3.76. The Kier molecular flexibility index (Phi) is 5.57. The van der Waals surface area contributed by atoms with Gasteiger partial charge in [0.1, 0.15) is 17.2 Å². The number of benzene rings is 3. The van der Waals surface area contributed by atoms with E-state index in [0.29, 0.717) is 22.8 Å². The third kappa shape index (κ3) is 5.18. The summed E-state index contributed by atoms with van der Waals surface area (Å²) >= 11 is 0. The quantitative estimate of drug-likeness (QED) is 0.574. The second-order valence-electron chi connectivity index (χ2n) is 5.90. The van der Waals surface area contributed by atoms with Crippen molar-refractivity contribution >= 4 is 15.6 Å².